The summed E-state index contributed by atoms with van der Waals surface area (Å²) in [6.07, 6.45) is 2.30. The third kappa shape index (κ3) is 3.25. The summed E-state index contributed by atoms with van der Waals surface area (Å²) in [5.74, 6) is 0.562. The molecule has 0 atom stereocenters. The second-order valence-electron chi connectivity index (χ2n) is 8.01. The van der Waals surface area contributed by atoms with Crippen LogP contribution in [0, 0.1) is 6.92 Å². The fourth-order valence-corrected chi connectivity index (χ4v) is 4.51. The molecule has 7 heteroatoms. The van der Waals surface area contributed by atoms with Gasteiger partial charge >= 0.3 is 0 Å². The van der Waals surface area contributed by atoms with Crippen molar-refractivity contribution in [2.24, 2.45) is 7.05 Å². The Morgan fingerprint density at radius 2 is 1.86 bits per heavy atom. The standard InChI is InChI=1S/C22H24ClN5O/c1-14-20-16(13-18(15-7-8-15)24-21(20)26(2)25-14)22(29)28-11-9-27(10-12-28)19-6-4-3-5-17(19)23/h3-6,13,15H,7-12H2,1-2H3. The van der Waals surface area contributed by atoms with Crippen LogP contribution >= 0.6 is 11.6 Å². The van der Waals surface area contributed by atoms with Gasteiger partial charge in [-0.1, -0.05) is 23.7 Å². The summed E-state index contributed by atoms with van der Waals surface area (Å²) < 4.78 is 1.79. The molecular weight excluding hydrogens is 386 g/mol. The maximum absolute atomic E-state index is 13.5. The smallest absolute Gasteiger partial charge is 0.254 e. The van der Waals surface area contributed by atoms with Crippen LogP contribution in [0.2, 0.25) is 5.02 Å². The number of piperazine rings is 1. The molecule has 1 saturated heterocycles. The van der Waals surface area contributed by atoms with Crippen molar-refractivity contribution in [3.8, 4) is 0 Å². The summed E-state index contributed by atoms with van der Waals surface area (Å²) in [4.78, 5) is 22.5. The van der Waals surface area contributed by atoms with E-state index in [9.17, 15) is 4.79 Å². The Hall–Kier alpha value is -2.60. The molecule has 1 amide bonds. The van der Waals surface area contributed by atoms with Crippen molar-refractivity contribution in [3.63, 3.8) is 0 Å². The van der Waals surface area contributed by atoms with Gasteiger partial charge in [0.05, 0.1) is 27.4 Å². The molecule has 3 aromatic rings. The van der Waals surface area contributed by atoms with Crippen LogP contribution < -0.4 is 4.90 Å². The molecule has 3 heterocycles. The van der Waals surface area contributed by atoms with E-state index < -0.39 is 0 Å². The lowest BCUT2D eigenvalue weighted by Gasteiger charge is -2.36. The zero-order valence-corrected chi connectivity index (χ0v) is 17.5. The Morgan fingerprint density at radius 3 is 2.55 bits per heavy atom. The molecule has 0 radical (unpaired) electrons. The lowest BCUT2D eigenvalue weighted by molar-refractivity contribution is 0.0748. The molecule has 0 bridgehead atoms. The molecule has 0 spiro atoms. The number of rotatable bonds is 3. The van der Waals surface area contributed by atoms with Crippen molar-refractivity contribution in [1.29, 1.82) is 0 Å². The van der Waals surface area contributed by atoms with Gasteiger partial charge in [0.2, 0.25) is 0 Å². The van der Waals surface area contributed by atoms with E-state index in [4.69, 9.17) is 16.6 Å². The second kappa shape index (κ2) is 7.02. The highest BCUT2D eigenvalue weighted by atomic mass is 35.5. The van der Waals surface area contributed by atoms with Crippen LogP contribution in [0.15, 0.2) is 30.3 Å². The highest BCUT2D eigenvalue weighted by molar-refractivity contribution is 6.33. The van der Waals surface area contributed by atoms with Gasteiger partial charge in [-0.3, -0.25) is 9.48 Å². The number of benzene rings is 1. The number of amides is 1. The minimum absolute atomic E-state index is 0.0780. The van der Waals surface area contributed by atoms with E-state index in [1.807, 2.05) is 49.2 Å². The first kappa shape index (κ1) is 18.4. The van der Waals surface area contributed by atoms with Crippen molar-refractivity contribution in [2.75, 3.05) is 31.1 Å². The Balaban J connectivity index is 1.43. The Labute approximate surface area is 175 Å². The van der Waals surface area contributed by atoms with E-state index in [1.54, 1.807) is 4.68 Å². The topological polar surface area (TPSA) is 54.3 Å². The molecule has 2 fully saturated rings. The van der Waals surface area contributed by atoms with E-state index in [1.165, 1.54) is 0 Å². The minimum Gasteiger partial charge on any atom is -0.367 e. The minimum atomic E-state index is 0.0780. The third-order valence-electron chi connectivity index (χ3n) is 5.97. The lowest BCUT2D eigenvalue weighted by Crippen LogP contribution is -2.49. The normalized spacial score (nSPS) is 17.2. The monoisotopic (exact) mass is 409 g/mol. The molecule has 150 valence electrons. The zero-order chi connectivity index (χ0) is 20.1. The average molecular weight is 410 g/mol. The van der Waals surface area contributed by atoms with Crippen LogP contribution in [0.3, 0.4) is 0 Å². The molecule has 29 heavy (non-hydrogen) atoms. The fraction of sp³-hybridized carbons (Fsp3) is 0.409. The average Bonchev–Trinajstić information content (AvgIpc) is 3.54. The van der Waals surface area contributed by atoms with Gasteiger partial charge in [-0.15, -0.1) is 0 Å². The summed E-state index contributed by atoms with van der Waals surface area (Å²) in [7, 11) is 1.90. The van der Waals surface area contributed by atoms with Gasteiger partial charge in [0.15, 0.2) is 5.65 Å². The first-order valence-electron chi connectivity index (χ1n) is 10.2. The number of nitrogens with zero attached hydrogens (tertiary/aromatic N) is 5. The number of para-hydroxylation sites is 1. The number of aryl methyl sites for hydroxylation is 2. The second-order valence-corrected chi connectivity index (χ2v) is 8.41. The van der Waals surface area contributed by atoms with E-state index in [0.717, 1.165) is 64.6 Å². The maximum atomic E-state index is 13.5. The van der Waals surface area contributed by atoms with Crippen molar-refractivity contribution in [3.05, 3.63) is 52.3 Å². The Bertz CT molecular complexity index is 1100. The number of fused-ring (bicyclic) bond motifs is 1. The van der Waals surface area contributed by atoms with Crippen LogP contribution in [-0.2, 0) is 7.05 Å². The van der Waals surface area contributed by atoms with Gasteiger partial charge in [0.25, 0.3) is 5.91 Å². The summed E-state index contributed by atoms with van der Waals surface area (Å²) in [5, 5.41) is 6.16. The van der Waals surface area contributed by atoms with Crippen molar-refractivity contribution in [1.82, 2.24) is 19.7 Å². The van der Waals surface area contributed by atoms with Crippen LogP contribution in [0.5, 0.6) is 0 Å². The number of carbonyl (C=O) groups excluding carboxylic acids is 1. The van der Waals surface area contributed by atoms with Gasteiger partial charge in [0.1, 0.15) is 0 Å². The van der Waals surface area contributed by atoms with E-state index >= 15 is 0 Å². The molecule has 1 aliphatic heterocycles. The van der Waals surface area contributed by atoms with Crippen LogP contribution in [-0.4, -0.2) is 51.8 Å². The number of hydrogen-bond acceptors (Lipinski definition) is 4. The Kier molecular flexibility index (Phi) is 4.46. The van der Waals surface area contributed by atoms with Gasteiger partial charge in [-0.05, 0) is 38.0 Å². The largest absolute Gasteiger partial charge is 0.367 e. The predicted molar refractivity (Wildman–Crippen MR) is 115 cm³/mol. The van der Waals surface area contributed by atoms with Crippen molar-refractivity contribution in [2.45, 2.75) is 25.7 Å². The number of anilines is 1. The molecule has 1 saturated carbocycles. The number of hydrogen-bond donors (Lipinski definition) is 0. The first-order chi connectivity index (χ1) is 14.0. The molecule has 2 aliphatic rings. The summed E-state index contributed by atoms with van der Waals surface area (Å²) >= 11 is 6.35. The van der Waals surface area contributed by atoms with Crippen LogP contribution in [0.1, 0.15) is 40.5 Å². The third-order valence-corrected chi connectivity index (χ3v) is 6.29. The van der Waals surface area contributed by atoms with E-state index in [0.29, 0.717) is 19.0 Å². The lowest BCUT2D eigenvalue weighted by atomic mass is 10.1. The zero-order valence-electron chi connectivity index (χ0n) is 16.7. The summed E-state index contributed by atoms with van der Waals surface area (Å²) in [6, 6.07) is 9.89. The quantitative estimate of drug-likeness (QED) is 0.660. The van der Waals surface area contributed by atoms with Gasteiger partial charge in [-0.2, -0.15) is 5.10 Å². The number of pyridine rings is 1. The van der Waals surface area contributed by atoms with Gasteiger partial charge in [-0.25, -0.2) is 4.98 Å². The Morgan fingerprint density at radius 1 is 1.14 bits per heavy atom. The van der Waals surface area contributed by atoms with Crippen molar-refractivity contribution >= 4 is 34.2 Å². The molecule has 2 aromatic heterocycles. The van der Waals surface area contributed by atoms with Crippen LogP contribution in [0.25, 0.3) is 11.0 Å². The molecular formula is C22H24ClN5O. The number of aromatic nitrogens is 3. The fourth-order valence-electron chi connectivity index (χ4n) is 4.25. The molecule has 5 rings (SSSR count). The van der Waals surface area contributed by atoms with E-state index in [2.05, 4.69) is 10.00 Å². The molecule has 0 N–H and O–H groups in total. The maximum Gasteiger partial charge on any atom is 0.254 e. The van der Waals surface area contributed by atoms with Crippen LogP contribution in [0.4, 0.5) is 5.69 Å². The van der Waals surface area contributed by atoms with Gasteiger partial charge < -0.3 is 9.80 Å². The SMILES string of the molecule is Cc1nn(C)c2nc(C3CC3)cc(C(=O)N3CCN(c4ccccc4Cl)CC3)c12. The molecule has 0 unspecified atom stereocenters. The summed E-state index contributed by atoms with van der Waals surface area (Å²) in [5.41, 5.74) is 4.47. The number of halogens is 1. The molecule has 1 aliphatic carbocycles. The first-order valence-corrected chi connectivity index (χ1v) is 10.5. The predicted octanol–water partition coefficient (Wildman–Crippen LogP) is 3.77. The highest BCUT2D eigenvalue weighted by Crippen LogP contribution is 2.40. The van der Waals surface area contributed by atoms with Gasteiger partial charge in [0, 0.05) is 44.8 Å². The molecule has 1 aromatic carbocycles. The van der Waals surface area contributed by atoms with Crippen molar-refractivity contribution < 1.29 is 4.79 Å². The summed E-state index contributed by atoms with van der Waals surface area (Å²) in [6.45, 7) is 4.83. The highest BCUT2D eigenvalue weighted by Gasteiger charge is 2.30. The van der Waals surface area contributed by atoms with E-state index in [-0.39, 0.29) is 5.91 Å². The molecule has 6 nitrogen and oxygen atoms in total. The number of carbonyl (C=O) groups is 1.